The number of nitro benzene ring substituents is 1. The molecular weight excluding hydrogens is 299 g/mol. The monoisotopic (exact) mass is 310 g/mol. The summed E-state index contributed by atoms with van der Waals surface area (Å²) in [6.07, 6.45) is 0. The molecule has 0 spiro atoms. The lowest BCUT2D eigenvalue weighted by Crippen LogP contribution is -2.26. The normalized spacial score (nSPS) is 11.1. The summed E-state index contributed by atoms with van der Waals surface area (Å²) in [7, 11) is -2.75. The number of hydrogen-bond donors (Lipinski definition) is 0. The third-order valence-electron chi connectivity index (χ3n) is 2.86. The zero-order chi connectivity index (χ0) is 15.6. The predicted molar refractivity (Wildman–Crippen MR) is 75.1 cm³/mol. The van der Waals surface area contributed by atoms with Gasteiger partial charge in [0.05, 0.1) is 15.5 Å². The average Bonchev–Trinajstić information content (AvgIpc) is 2.46. The predicted octanol–water partition coefficient (Wildman–Crippen LogP) is 2.56. The number of benzene rings is 2. The van der Waals surface area contributed by atoms with E-state index in [9.17, 15) is 22.9 Å². The highest BCUT2D eigenvalue weighted by molar-refractivity contribution is 7.92. The van der Waals surface area contributed by atoms with Crippen molar-refractivity contribution in [1.82, 2.24) is 0 Å². The number of sulfonamides is 1. The number of nitro groups is 1. The standard InChI is InChI=1S/C13H11FN2O4S/c1-15(11-5-2-4-10(14)8-11)21(19,20)13-7-3-6-12(9-13)16(17)18/h2-9H,1H3. The molecule has 0 aliphatic carbocycles. The van der Waals surface area contributed by atoms with Crippen LogP contribution < -0.4 is 4.31 Å². The first-order valence-electron chi connectivity index (χ1n) is 5.81. The van der Waals surface area contributed by atoms with E-state index in [0.29, 0.717) is 0 Å². The van der Waals surface area contributed by atoms with Crippen LogP contribution in [0.5, 0.6) is 0 Å². The molecule has 0 heterocycles. The van der Waals surface area contributed by atoms with Crippen molar-refractivity contribution in [2.45, 2.75) is 4.90 Å². The van der Waals surface area contributed by atoms with E-state index in [1.165, 1.54) is 43.4 Å². The van der Waals surface area contributed by atoms with Crippen LogP contribution in [0.3, 0.4) is 0 Å². The minimum atomic E-state index is -4.00. The van der Waals surface area contributed by atoms with E-state index in [-0.39, 0.29) is 16.3 Å². The zero-order valence-corrected chi connectivity index (χ0v) is 11.7. The van der Waals surface area contributed by atoms with E-state index in [2.05, 4.69) is 0 Å². The van der Waals surface area contributed by atoms with Gasteiger partial charge in [-0.2, -0.15) is 0 Å². The summed E-state index contributed by atoms with van der Waals surface area (Å²) >= 11 is 0. The van der Waals surface area contributed by atoms with Gasteiger partial charge in [-0.15, -0.1) is 0 Å². The van der Waals surface area contributed by atoms with E-state index >= 15 is 0 Å². The van der Waals surface area contributed by atoms with E-state index in [1.807, 2.05) is 0 Å². The Bertz CT molecular complexity index is 792. The number of non-ortho nitro benzene ring substituents is 1. The minimum Gasteiger partial charge on any atom is -0.269 e. The number of rotatable bonds is 4. The van der Waals surface area contributed by atoms with Crippen LogP contribution in [-0.4, -0.2) is 20.4 Å². The second-order valence-corrected chi connectivity index (χ2v) is 6.18. The van der Waals surface area contributed by atoms with Gasteiger partial charge in [0.15, 0.2) is 0 Å². The molecule has 0 aliphatic rings. The maximum absolute atomic E-state index is 13.2. The van der Waals surface area contributed by atoms with E-state index in [1.54, 1.807) is 0 Å². The van der Waals surface area contributed by atoms with Crippen LogP contribution in [-0.2, 0) is 10.0 Å². The third kappa shape index (κ3) is 3.00. The van der Waals surface area contributed by atoms with Crippen molar-refractivity contribution in [1.29, 1.82) is 0 Å². The van der Waals surface area contributed by atoms with Gasteiger partial charge in [-0.25, -0.2) is 12.8 Å². The molecule has 0 N–H and O–H groups in total. The van der Waals surface area contributed by atoms with Crippen LogP contribution in [0.2, 0.25) is 0 Å². The van der Waals surface area contributed by atoms with Crippen molar-refractivity contribution in [3.63, 3.8) is 0 Å². The fraction of sp³-hybridized carbons (Fsp3) is 0.0769. The maximum atomic E-state index is 13.2. The molecule has 2 rings (SSSR count). The third-order valence-corrected chi connectivity index (χ3v) is 4.64. The van der Waals surface area contributed by atoms with E-state index in [0.717, 1.165) is 16.4 Å². The highest BCUT2D eigenvalue weighted by atomic mass is 32.2. The first-order valence-corrected chi connectivity index (χ1v) is 7.25. The molecule has 2 aromatic carbocycles. The number of hydrogen-bond acceptors (Lipinski definition) is 4. The summed E-state index contributed by atoms with van der Waals surface area (Å²) in [5.41, 5.74) is -0.203. The van der Waals surface area contributed by atoms with Gasteiger partial charge in [-0.3, -0.25) is 14.4 Å². The molecule has 6 nitrogen and oxygen atoms in total. The molecule has 0 atom stereocenters. The Kier molecular flexibility index (Phi) is 3.90. The second-order valence-electron chi connectivity index (χ2n) is 4.21. The quantitative estimate of drug-likeness (QED) is 0.642. The lowest BCUT2D eigenvalue weighted by atomic mass is 10.3. The Labute approximate surface area is 120 Å². The zero-order valence-electron chi connectivity index (χ0n) is 10.9. The molecule has 0 radical (unpaired) electrons. The van der Waals surface area contributed by atoms with Crippen molar-refractivity contribution < 1.29 is 17.7 Å². The Morgan fingerprint density at radius 1 is 1.14 bits per heavy atom. The van der Waals surface area contributed by atoms with Gasteiger partial charge in [-0.05, 0) is 24.3 Å². The minimum absolute atomic E-state index is 0.126. The van der Waals surface area contributed by atoms with E-state index < -0.39 is 20.8 Å². The van der Waals surface area contributed by atoms with Crippen LogP contribution in [0, 0.1) is 15.9 Å². The first kappa shape index (κ1) is 14.9. The average molecular weight is 310 g/mol. The van der Waals surface area contributed by atoms with Gasteiger partial charge < -0.3 is 0 Å². The van der Waals surface area contributed by atoms with Crippen LogP contribution in [0.4, 0.5) is 15.8 Å². The summed E-state index contributed by atoms with van der Waals surface area (Å²) in [5.74, 6) is -0.575. The Hall–Kier alpha value is -2.48. The first-order chi connectivity index (χ1) is 9.82. The summed E-state index contributed by atoms with van der Waals surface area (Å²) in [6, 6.07) is 9.75. The van der Waals surface area contributed by atoms with Crippen molar-refractivity contribution in [3.05, 3.63) is 64.5 Å². The molecule has 0 saturated heterocycles. The molecular formula is C13H11FN2O4S. The van der Waals surface area contributed by atoms with Gasteiger partial charge in [0.25, 0.3) is 15.7 Å². The van der Waals surface area contributed by atoms with Gasteiger partial charge in [0, 0.05) is 19.2 Å². The molecule has 0 saturated carbocycles. The molecule has 0 amide bonds. The molecule has 8 heteroatoms. The summed E-state index contributed by atoms with van der Waals surface area (Å²) in [4.78, 5) is 9.80. The van der Waals surface area contributed by atoms with Gasteiger partial charge in [-0.1, -0.05) is 12.1 Å². The molecule has 0 unspecified atom stereocenters. The Balaban J connectivity index is 2.46. The number of anilines is 1. The Morgan fingerprint density at radius 2 is 1.81 bits per heavy atom. The highest BCUT2D eigenvalue weighted by Crippen LogP contribution is 2.24. The molecule has 110 valence electrons. The van der Waals surface area contributed by atoms with Crippen LogP contribution >= 0.6 is 0 Å². The van der Waals surface area contributed by atoms with Gasteiger partial charge in [0.2, 0.25) is 0 Å². The van der Waals surface area contributed by atoms with Crippen LogP contribution in [0.15, 0.2) is 53.4 Å². The Morgan fingerprint density at radius 3 is 2.43 bits per heavy atom. The maximum Gasteiger partial charge on any atom is 0.270 e. The fourth-order valence-corrected chi connectivity index (χ4v) is 2.95. The van der Waals surface area contributed by atoms with Crippen molar-refractivity contribution in [3.8, 4) is 0 Å². The molecule has 21 heavy (non-hydrogen) atoms. The van der Waals surface area contributed by atoms with Crippen molar-refractivity contribution >= 4 is 21.4 Å². The van der Waals surface area contributed by atoms with Crippen LogP contribution in [0.25, 0.3) is 0 Å². The van der Waals surface area contributed by atoms with E-state index in [4.69, 9.17) is 0 Å². The molecule has 0 aromatic heterocycles. The van der Waals surface area contributed by atoms with Gasteiger partial charge in [0.1, 0.15) is 5.82 Å². The smallest absolute Gasteiger partial charge is 0.269 e. The second kappa shape index (κ2) is 5.49. The van der Waals surface area contributed by atoms with Crippen molar-refractivity contribution in [2.75, 3.05) is 11.4 Å². The number of nitrogens with zero attached hydrogens (tertiary/aromatic N) is 2. The number of halogens is 1. The SMILES string of the molecule is CN(c1cccc(F)c1)S(=O)(=O)c1cccc([N+](=O)[O-])c1. The lowest BCUT2D eigenvalue weighted by molar-refractivity contribution is -0.385. The highest BCUT2D eigenvalue weighted by Gasteiger charge is 2.23. The molecule has 0 fully saturated rings. The fourth-order valence-electron chi connectivity index (χ4n) is 1.73. The summed E-state index contributed by atoms with van der Waals surface area (Å²) in [5, 5.41) is 10.7. The van der Waals surface area contributed by atoms with Gasteiger partial charge >= 0.3 is 0 Å². The topological polar surface area (TPSA) is 80.5 Å². The molecule has 2 aromatic rings. The summed E-state index contributed by atoms with van der Waals surface area (Å²) < 4.78 is 38.8. The summed E-state index contributed by atoms with van der Waals surface area (Å²) in [6.45, 7) is 0. The lowest BCUT2D eigenvalue weighted by Gasteiger charge is -2.19. The van der Waals surface area contributed by atoms with Crippen molar-refractivity contribution in [2.24, 2.45) is 0 Å². The molecule has 0 bridgehead atoms. The van der Waals surface area contributed by atoms with Crippen LogP contribution in [0.1, 0.15) is 0 Å². The largest absolute Gasteiger partial charge is 0.270 e. The molecule has 0 aliphatic heterocycles.